The minimum atomic E-state index is -0.967. The van der Waals surface area contributed by atoms with Crippen LogP contribution in [0.1, 0.15) is 0 Å². The highest BCUT2D eigenvalue weighted by molar-refractivity contribution is 5.85. The highest BCUT2D eigenvalue weighted by Crippen LogP contribution is 2.54. The first-order chi connectivity index (χ1) is 8.97. The Hall–Kier alpha value is -2.76. The Morgan fingerprint density at radius 3 is 1.53 bits per heavy atom. The van der Waals surface area contributed by atoms with Gasteiger partial charge in [0, 0.05) is 12.7 Å². The van der Waals surface area contributed by atoms with Gasteiger partial charge < -0.3 is 30.8 Å². The van der Waals surface area contributed by atoms with E-state index in [1.54, 1.807) is 31.3 Å². The molecule has 0 fully saturated rings. The van der Waals surface area contributed by atoms with Crippen LogP contribution in [-0.2, 0) is 0 Å². The standard InChI is InChI=1S/C13H13NO5/c1-14-7-4-2-6(3-5-7)8-9(15)11(17)13(19)12(18)10(8)16/h2-5,14-19H,1H3. The van der Waals surface area contributed by atoms with E-state index in [0.29, 0.717) is 5.56 Å². The van der Waals surface area contributed by atoms with Crippen LogP contribution in [0.4, 0.5) is 5.69 Å². The van der Waals surface area contributed by atoms with Gasteiger partial charge in [-0.2, -0.15) is 0 Å². The summed E-state index contributed by atoms with van der Waals surface area (Å²) in [6.07, 6.45) is 0. The highest BCUT2D eigenvalue weighted by atomic mass is 16.4. The number of hydrogen-bond donors (Lipinski definition) is 6. The van der Waals surface area contributed by atoms with E-state index in [1.165, 1.54) is 0 Å². The van der Waals surface area contributed by atoms with E-state index < -0.39 is 28.7 Å². The van der Waals surface area contributed by atoms with Crippen LogP contribution in [0.2, 0.25) is 0 Å². The molecule has 0 saturated heterocycles. The number of rotatable bonds is 2. The third-order valence-electron chi connectivity index (χ3n) is 2.83. The molecule has 2 aromatic rings. The molecule has 2 aromatic carbocycles. The molecule has 0 heterocycles. The van der Waals surface area contributed by atoms with E-state index in [9.17, 15) is 25.5 Å². The van der Waals surface area contributed by atoms with Crippen LogP contribution in [0.25, 0.3) is 11.1 Å². The first-order valence-corrected chi connectivity index (χ1v) is 5.44. The molecule has 6 N–H and O–H groups in total. The summed E-state index contributed by atoms with van der Waals surface area (Å²) in [6, 6.07) is 6.54. The van der Waals surface area contributed by atoms with Gasteiger partial charge in [0.15, 0.2) is 11.5 Å². The zero-order valence-electron chi connectivity index (χ0n) is 10.0. The summed E-state index contributed by atoms with van der Waals surface area (Å²) in [5, 5.41) is 50.7. The van der Waals surface area contributed by atoms with Crippen molar-refractivity contribution in [2.24, 2.45) is 0 Å². The van der Waals surface area contributed by atoms with Gasteiger partial charge in [-0.3, -0.25) is 0 Å². The van der Waals surface area contributed by atoms with Crippen molar-refractivity contribution in [1.29, 1.82) is 0 Å². The van der Waals surface area contributed by atoms with Crippen molar-refractivity contribution in [3.63, 3.8) is 0 Å². The average molecular weight is 263 g/mol. The molecule has 19 heavy (non-hydrogen) atoms. The number of nitrogens with one attached hydrogen (secondary N) is 1. The zero-order valence-corrected chi connectivity index (χ0v) is 10.0. The van der Waals surface area contributed by atoms with E-state index in [2.05, 4.69) is 5.32 Å². The van der Waals surface area contributed by atoms with Crippen LogP contribution in [-0.4, -0.2) is 32.6 Å². The molecule has 0 aliphatic rings. The highest BCUT2D eigenvalue weighted by Gasteiger charge is 2.23. The van der Waals surface area contributed by atoms with E-state index in [1.807, 2.05) is 0 Å². The van der Waals surface area contributed by atoms with Gasteiger partial charge >= 0.3 is 0 Å². The summed E-state index contributed by atoms with van der Waals surface area (Å²) < 4.78 is 0. The van der Waals surface area contributed by atoms with Crippen molar-refractivity contribution in [2.75, 3.05) is 12.4 Å². The predicted molar refractivity (Wildman–Crippen MR) is 69.7 cm³/mol. The molecule has 0 aromatic heterocycles. The van der Waals surface area contributed by atoms with Gasteiger partial charge in [-0.15, -0.1) is 0 Å². The number of aromatic hydroxyl groups is 5. The molecule has 0 radical (unpaired) electrons. The van der Waals surface area contributed by atoms with E-state index in [-0.39, 0.29) is 5.56 Å². The van der Waals surface area contributed by atoms with Gasteiger partial charge in [-0.25, -0.2) is 0 Å². The van der Waals surface area contributed by atoms with Gasteiger partial charge in [0.05, 0.1) is 5.56 Å². The minimum absolute atomic E-state index is 0.157. The van der Waals surface area contributed by atoms with E-state index in [0.717, 1.165) is 5.69 Å². The third kappa shape index (κ3) is 1.93. The largest absolute Gasteiger partial charge is 0.504 e. The Morgan fingerprint density at radius 1 is 0.684 bits per heavy atom. The molecular formula is C13H13NO5. The Balaban J connectivity index is 2.67. The number of anilines is 1. The van der Waals surface area contributed by atoms with Crippen molar-refractivity contribution in [3.05, 3.63) is 24.3 Å². The van der Waals surface area contributed by atoms with E-state index >= 15 is 0 Å². The fourth-order valence-corrected chi connectivity index (χ4v) is 1.76. The molecule has 6 nitrogen and oxygen atoms in total. The fourth-order valence-electron chi connectivity index (χ4n) is 1.76. The average Bonchev–Trinajstić information content (AvgIpc) is 2.44. The van der Waals surface area contributed by atoms with Crippen LogP contribution in [0.15, 0.2) is 24.3 Å². The maximum absolute atomic E-state index is 9.77. The normalized spacial score (nSPS) is 10.4. The van der Waals surface area contributed by atoms with Gasteiger partial charge in [0.1, 0.15) is 0 Å². The van der Waals surface area contributed by atoms with Crippen LogP contribution in [0.5, 0.6) is 28.7 Å². The van der Waals surface area contributed by atoms with Crippen molar-refractivity contribution in [2.45, 2.75) is 0 Å². The second-order valence-corrected chi connectivity index (χ2v) is 3.95. The molecule has 0 bridgehead atoms. The quantitative estimate of drug-likeness (QED) is 0.364. The predicted octanol–water partition coefficient (Wildman–Crippen LogP) is 1.92. The van der Waals surface area contributed by atoms with Crippen LogP contribution in [0, 0.1) is 0 Å². The molecule has 0 saturated carbocycles. The fraction of sp³-hybridized carbons (Fsp3) is 0.0769. The Morgan fingerprint density at radius 2 is 1.11 bits per heavy atom. The first kappa shape index (κ1) is 12.7. The minimum Gasteiger partial charge on any atom is -0.504 e. The summed E-state index contributed by atoms with van der Waals surface area (Å²) in [5.41, 5.74) is 1.03. The Labute approximate surface area is 108 Å². The monoisotopic (exact) mass is 263 g/mol. The molecule has 0 unspecified atom stereocenters. The number of phenols is 5. The molecule has 0 atom stereocenters. The lowest BCUT2D eigenvalue weighted by molar-refractivity contribution is 0.330. The molecule has 2 rings (SSSR count). The van der Waals surface area contributed by atoms with Gasteiger partial charge in [-0.05, 0) is 17.7 Å². The molecule has 0 aliphatic carbocycles. The lowest BCUT2D eigenvalue weighted by atomic mass is 10.0. The smallest absolute Gasteiger partial charge is 0.208 e. The van der Waals surface area contributed by atoms with Crippen molar-refractivity contribution >= 4 is 5.69 Å². The second-order valence-electron chi connectivity index (χ2n) is 3.95. The zero-order chi connectivity index (χ0) is 14.2. The lowest BCUT2D eigenvalue weighted by Gasteiger charge is -2.12. The number of hydrogen-bond acceptors (Lipinski definition) is 6. The van der Waals surface area contributed by atoms with Gasteiger partial charge in [-0.1, -0.05) is 12.1 Å². The Bertz CT molecular complexity index is 593. The molecule has 0 aliphatic heterocycles. The third-order valence-corrected chi connectivity index (χ3v) is 2.83. The number of phenolic OH excluding ortho intramolecular Hbond substituents is 5. The molecule has 6 heteroatoms. The second kappa shape index (κ2) is 4.49. The van der Waals surface area contributed by atoms with E-state index in [4.69, 9.17) is 0 Å². The summed E-state index contributed by atoms with van der Waals surface area (Å²) >= 11 is 0. The summed E-state index contributed by atoms with van der Waals surface area (Å²) in [7, 11) is 1.74. The van der Waals surface area contributed by atoms with Crippen LogP contribution >= 0.6 is 0 Å². The summed E-state index contributed by atoms with van der Waals surface area (Å²) in [4.78, 5) is 0. The van der Waals surface area contributed by atoms with Crippen LogP contribution in [0.3, 0.4) is 0 Å². The van der Waals surface area contributed by atoms with Crippen molar-refractivity contribution in [3.8, 4) is 39.9 Å². The molecular weight excluding hydrogens is 250 g/mol. The maximum atomic E-state index is 9.77. The van der Waals surface area contributed by atoms with Gasteiger partial charge in [0.2, 0.25) is 17.2 Å². The number of benzene rings is 2. The van der Waals surface area contributed by atoms with Gasteiger partial charge in [0.25, 0.3) is 0 Å². The molecule has 0 spiro atoms. The molecule has 0 amide bonds. The van der Waals surface area contributed by atoms with Crippen molar-refractivity contribution < 1.29 is 25.5 Å². The Kier molecular flexibility index (Phi) is 3.00. The lowest BCUT2D eigenvalue weighted by Crippen LogP contribution is -1.88. The summed E-state index contributed by atoms with van der Waals surface area (Å²) in [5.74, 6) is -4.15. The molecule has 100 valence electrons. The SMILES string of the molecule is CNc1ccc(-c2c(O)c(O)c(O)c(O)c2O)cc1. The topological polar surface area (TPSA) is 113 Å². The summed E-state index contributed by atoms with van der Waals surface area (Å²) in [6.45, 7) is 0. The van der Waals surface area contributed by atoms with Crippen molar-refractivity contribution in [1.82, 2.24) is 0 Å². The van der Waals surface area contributed by atoms with Crippen LogP contribution < -0.4 is 5.32 Å². The first-order valence-electron chi connectivity index (χ1n) is 5.44. The maximum Gasteiger partial charge on any atom is 0.208 e.